The van der Waals surface area contributed by atoms with Gasteiger partial charge in [-0.25, -0.2) is 0 Å². The van der Waals surface area contributed by atoms with Gasteiger partial charge >= 0.3 is 29.6 Å². The summed E-state index contributed by atoms with van der Waals surface area (Å²) in [5.74, 6) is -3.44. The van der Waals surface area contributed by atoms with Crippen LogP contribution in [-0.4, -0.2) is 33.9 Å². The standard InChI is InChI=1S/C13H10N4O4S2.Na/c18-8-6(9(19)15-12(22)14-8)4-2-1-3-5-7-10(20)16-13(23)17-11(7)21;/h1-6H,(H4,14,15,16,17,18,19,20,21,22,23);/q;+1/p-1/b3-1+,4-2+;. The van der Waals surface area contributed by atoms with E-state index in [2.05, 4.69) is 45.7 Å². The maximum absolute atomic E-state index is 11.6. The molecule has 24 heavy (non-hydrogen) atoms. The number of allylic oxidation sites excluding steroid dienone is 4. The number of rotatable bonds is 3. The van der Waals surface area contributed by atoms with Crippen molar-refractivity contribution in [3.05, 3.63) is 41.3 Å². The zero-order chi connectivity index (χ0) is 17.0. The van der Waals surface area contributed by atoms with Crippen molar-refractivity contribution in [2.45, 2.75) is 0 Å². The van der Waals surface area contributed by atoms with Crippen molar-refractivity contribution >= 4 is 58.3 Å². The van der Waals surface area contributed by atoms with Gasteiger partial charge in [-0.2, -0.15) is 0 Å². The Labute approximate surface area is 169 Å². The molecule has 0 saturated carbocycles. The van der Waals surface area contributed by atoms with Crippen LogP contribution < -0.4 is 45.5 Å². The topological polar surface area (TPSA) is 118 Å². The Morgan fingerprint density at radius 2 is 1.54 bits per heavy atom. The SMILES string of the molecule is O=C1[N-]C(=S)NC(=O)\C1=C/C=C/C=C/C1C(=O)NC(=S)NC1=O.[Na+]. The summed E-state index contributed by atoms with van der Waals surface area (Å²) >= 11 is 9.28. The smallest absolute Gasteiger partial charge is 0.415 e. The summed E-state index contributed by atoms with van der Waals surface area (Å²) in [6.45, 7) is 0. The van der Waals surface area contributed by atoms with Crippen LogP contribution in [0.4, 0.5) is 0 Å². The number of hydrogen-bond acceptors (Lipinski definition) is 6. The molecular formula is C13H9N4NaO4S2. The van der Waals surface area contributed by atoms with Crippen molar-refractivity contribution in [3.63, 3.8) is 0 Å². The van der Waals surface area contributed by atoms with E-state index < -0.39 is 29.5 Å². The number of hydrogen-bond donors (Lipinski definition) is 3. The van der Waals surface area contributed by atoms with E-state index in [1.54, 1.807) is 0 Å². The van der Waals surface area contributed by atoms with Gasteiger partial charge in [-0.1, -0.05) is 36.5 Å². The third-order valence-corrected chi connectivity index (χ3v) is 3.12. The van der Waals surface area contributed by atoms with Crippen LogP contribution in [0.25, 0.3) is 5.32 Å². The van der Waals surface area contributed by atoms with Crippen LogP contribution in [0.1, 0.15) is 0 Å². The zero-order valence-corrected chi connectivity index (χ0v) is 16.0. The van der Waals surface area contributed by atoms with Gasteiger partial charge in [0.2, 0.25) is 11.8 Å². The van der Waals surface area contributed by atoms with Gasteiger partial charge in [-0.05, 0) is 18.3 Å². The Hall–Kier alpha value is -1.72. The molecule has 2 fully saturated rings. The maximum atomic E-state index is 11.6. The van der Waals surface area contributed by atoms with Crippen molar-refractivity contribution in [2.24, 2.45) is 5.92 Å². The summed E-state index contributed by atoms with van der Waals surface area (Å²) in [5, 5.41) is 10.1. The summed E-state index contributed by atoms with van der Waals surface area (Å²) in [6.07, 6.45) is 6.89. The molecule has 0 spiro atoms. The molecule has 0 aliphatic carbocycles. The molecule has 0 unspecified atom stereocenters. The molecule has 0 aromatic heterocycles. The van der Waals surface area contributed by atoms with Gasteiger partial charge in [-0.3, -0.25) is 19.2 Å². The van der Waals surface area contributed by atoms with E-state index in [-0.39, 0.29) is 45.4 Å². The van der Waals surface area contributed by atoms with E-state index >= 15 is 0 Å². The fourth-order valence-corrected chi connectivity index (χ4v) is 2.06. The van der Waals surface area contributed by atoms with E-state index in [1.807, 2.05) is 0 Å². The fourth-order valence-electron chi connectivity index (χ4n) is 1.68. The van der Waals surface area contributed by atoms with Crippen LogP contribution in [0.2, 0.25) is 0 Å². The summed E-state index contributed by atoms with van der Waals surface area (Å²) in [5.41, 5.74) is -0.165. The number of carbonyl (C=O) groups is 4. The van der Waals surface area contributed by atoms with Crippen LogP contribution in [-0.2, 0) is 19.2 Å². The van der Waals surface area contributed by atoms with Crippen molar-refractivity contribution in [2.75, 3.05) is 0 Å². The second-order valence-corrected chi connectivity index (χ2v) is 5.11. The van der Waals surface area contributed by atoms with Crippen LogP contribution in [0.15, 0.2) is 36.0 Å². The van der Waals surface area contributed by atoms with E-state index in [9.17, 15) is 19.2 Å². The molecule has 0 aromatic carbocycles. The van der Waals surface area contributed by atoms with Gasteiger partial charge in [0.25, 0.3) is 0 Å². The molecule has 11 heteroatoms. The minimum absolute atomic E-state index is 0. The molecule has 3 N–H and O–H groups in total. The van der Waals surface area contributed by atoms with Gasteiger partial charge < -0.3 is 21.3 Å². The monoisotopic (exact) mass is 372 g/mol. The molecular weight excluding hydrogens is 363 g/mol. The summed E-state index contributed by atoms with van der Waals surface area (Å²) in [6, 6.07) is 0. The Bertz CT molecular complexity index is 687. The molecule has 0 aromatic rings. The number of thiocarbonyl (C=S) groups is 2. The molecule has 0 bridgehead atoms. The first kappa shape index (κ1) is 20.3. The van der Waals surface area contributed by atoms with Gasteiger partial charge in [-0.15, -0.1) is 0 Å². The fraction of sp³-hybridized carbons (Fsp3) is 0.0769. The number of nitrogens with zero attached hydrogens (tertiary/aromatic N) is 1. The van der Waals surface area contributed by atoms with Crippen molar-refractivity contribution in [3.8, 4) is 0 Å². The first-order chi connectivity index (χ1) is 10.9. The Morgan fingerprint density at radius 3 is 2.12 bits per heavy atom. The molecule has 0 radical (unpaired) electrons. The molecule has 118 valence electrons. The molecule has 2 saturated heterocycles. The Balaban J connectivity index is 0.00000288. The predicted octanol–water partition coefficient (Wildman–Crippen LogP) is -3.51. The van der Waals surface area contributed by atoms with Gasteiger partial charge in [0.05, 0.1) is 5.57 Å². The molecule has 8 nitrogen and oxygen atoms in total. The van der Waals surface area contributed by atoms with Gasteiger partial charge in [0.15, 0.2) is 16.9 Å². The van der Waals surface area contributed by atoms with E-state index in [0.717, 1.165) is 0 Å². The summed E-state index contributed by atoms with van der Waals surface area (Å²) in [4.78, 5) is 46.2. The van der Waals surface area contributed by atoms with E-state index in [4.69, 9.17) is 0 Å². The largest absolute Gasteiger partial charge is 1.00 e. The van der Waals surface area contributed by atoms with Crippen molar-refractivity contribution in [1.29, 1.82) is 0 Å². The van der Waals surface area contributed by atoms with Crippen molar-refractivity contribution in [1.82, 2.24) is 16.0 Å². The van der Waals surface area contributed by atoms with Gasteiger partial charge in [0, 0.05) is 5.11 Å². The van der Waals surface area contributed by atoms with Crippen LogP contribution in [0.5, 0.6) is 0 Å². The first-order valence-electron chi connectivity index (χ1n) is 6.20. The molecule has 2 aliphatic heterocycles. The van der Waals surface area contributed by atoms with E-state index in [0.29, 0.717) is 0 Å². The minimum Gasteiger partial charge on any atom is -0.415 e. The number of amides is 4. The zero-order valence-electron chi connectivity index (χ0n) is 12.4. The average Bonchev–Trinajstić information content (AvgIpc) is 2.42. The number of carbonyl (C=O) groups excluding carboxylic acids is 4. The van der Waals surface area contributed by atoms with Crippen molar-refractivity contribution < 1.29 is 48.7 Å². The minimum atomic E-state index is -1.01. The second kappa shape index (κ2) is 8.94. The molecule has 0 atom stereocenters. The third-order valence-electron chi connectivity index (χ3n) is 2.73. The molecule has 2 rings (SSSR count). The first-order valence-corrected chi connectivity index (χ1v) is 7.02. The summed E-state index contributed by atoms with van der Waals surface area (Å²) < 4.78 is 0. The Morgan fingerprint density at radius 1 is 0.917 bits per heavy atom. The third kappa shape index (κ3) is 5.14. The average molecular weight is 372 g/mol. The summed E-state index contributed by atoms with van der Waals surface area (Å²) in [7, 11) is 0. The second-order valence-electron chi connectivity index (χ2n) is 4.31. The molecule has 4 amide bonds. The quantitative estimate of drug-likeness (QED) is 0.118. The maximum Gasteiger partial charge on any atom is 1.00 e. The van der Waals surface area contributed by atoms with Crippen LogP contribution in [0, 0.1) is 5.92 Å². The Kier molecular flexibility index (Phi) is 7.58. The molecule has 2 aliphatic rings. The normalized spacial score (nSPS) is 20.8. The predicted molar refractivity (Wildman–Crippen MR) is 87.8 cm³/mol. The van der Waals surface area contributed by atoms with Gasteiger partial charge in [0.1, 0.15) is 5.92 Å². The van der Waals surface area contributed by atoms with Crippen LogP contribution in [0.3, 0.4) is 0 Å². The van der Waals surface area contributed by atoms with Crippen LogP contribution >= 0.6 is 24.4 Å². The molecule has 2 heterocycles. The number of nitrogens with one attached hydrogen (secondary N) is 3. The van der Waals surface area contributed by atoms with E-state index in [1.165, 1.54) is 30.4 Å².